The van der Waals surface area contributed by atoms with Crippen LogP contribution in [0.1, 0.15) is 12.5 Å². The number of pyridine rings is 2. The van der Waals surface area contributed by atoms with E-state index in [0.717, 1.165) is 24.4 Å². The van der Waals surface area contributed by atoms with Crippen molar-refractivity contribution in [2.24, 2.45) is 0 Å². The summed E-state index contributed by atoms with van der Waals surface area (Å²) in [7, 11) is -4.05. The normalized spacial score (nSPS) is 14.9. The van der Waals surface area contributed by atoms with Gasteiger partial charge in [-0.1, -0.05) is 13.0 Å². The van der Waals surface area contributed by atoms with Crippen LogP contribution in [0.5, 0.6) is 11.5 Å². The molecule has 0 unspecified atom stereocenters. The molecule has 0 amide bonds. The number of ether oxygens (including phenoxy) is 2. The molecule has 0 atom stereocenters. The average Bonchev–Trinajstić information content (AvgIpc) is 3.31. The van der Waals surface area contributed by atoms with E-state index in [0.29, 0.717) is 15.3 Å². The van der Waals surface area contributed by atoms with Crippen molar-refractivity contribution in [3.05, 3.63) is 64.8 Å². The second-order valence-corrected chi connectivity index (χ2v) is 9.86. The van der Waals surface area contributed by atoms with Gasteiger partial charge in [0.1, 0.15) is 4.90 Å². The zero-order chi connectivity index (χ0) is 26.0. The van der Waals surface area contributed by atoms with Crippen molar-refractivity contribution >= 4 is 15.5 Å². The van der Waals surface area contributed by atoms with Crippen LogP contribution in [0, 0.1) is 0 Å². The Balaban J connectivity index is 1.67. The third-order valence-corrected chi connectivity index (χ3v) is 7.06. The molecule has 15 heteroatoms. The van der Waals surface area contributed by atoms with Crippen LogP contribution in [0.25, 0.3) is 22.6 Å². The minimum Gasteiger partial charge on any atom is -0.395 e. The van der Waals surface area contributed by atoms with E-state index < -0.39 is 50.0 Å². The van der Waals surface area contributed by atoms with E-state index >= 15 is 0 Å². The molecule has 4 aromatic rings. The molecule has 0 aliphatic carbocycles. The lowest BCUT2D eigenvalue weighted by Gasteiger charge is -2.10. The van der Waals surface area contributed by atoms with E-state index in [1.807, 2.05) is 0 Å². The molecule has 1 aromatic carbocycles. The molecule has 0 fully saturated rings. The lowest BCUT2D eigenvalue weighted by atomic mass is 10.1. The molecule has 1 aliphatic heterocycles. The summed E-state index contributed by atoms with van der Waals surface area (Å²) in [6, 6.07) is 6.64. The first kappa shape index (κ1) is 23.7. The predicted molar refractivity (Wildman–Crippen MR) is 113 cm³/mol. The molecule has 36 heavy (non-hydrogen) atoms. The van der Waals surface area contributed by atoms with Crippen LogP contribution >= 0.6 is 0 Å². The van der Waals surface area contributed by atoms with E-state index in [2.05, 4.69) is 19.6 Å². The minimum absolute atomic E-state index is 0.170. The number of hydrogen-bond donors (Lipinski definition) is 0. The summed E-state index contributed by atoms with van der Waals surface area (Å²) in [4.78, 5) is 16.5. The molecule has 5 rings (SSSR count). The largest absolute Gasteiger partial charge is 0.586 e. The maximum atomic E-state index is 13.4. The van der Waals surface area contributed by atoms with Crippen molar-refractivity contribution in [1.29, 1.82) is 0 Å². The van der Waals surface area contributed by atoms with Crippen molar-refractivity contribution in [3.63, 3.8) is 0 Å². The molecule has 1 aliphatic rings. The number of alkyl halides is 5. The van der Waals surface area contributed by atoms with Gasteiger partial charge in [-0.15, -0.1) is 13.9 Å². The lowest BCUT2D eigenvalue weighted by Crippen LogP contribution is -2.25. The van der Waals surface area contributed by atoms with Gasteiger partial charge < -0.3 is 9.47 Å². The summed E-state index contributed by atoms with van der Waals surface area (Å²) in [5, 5.41) is 3.93. The molecule has 0 spiro atoms. The van der Waals surface area contributed by atoms with Gasteiger partial charge in [-0.2, -0.15) is 17.9 Å². The van der Waals surface area contributed by atoms with Gasteiger partial charge in [-0.05, 0) is 35.9 Å². The van der Waals surface area contributed by atoms with Gasteiger partial charge in [0.15, 0.2) is 32.8 Å². The second kappa shape index (κ2) is 7.74. The fourth-order valence-corrected chi connectivity index (χ4v) is 4.58. The van der Waals surface area contributed by atoms with Crippen LogP contribution < -0.4 is 15.2 Å². The Morgan fingerprint density at radius 1 is 1.03 bits per heavy atom. The van der Waals surface area contributed by atoms with Crippen molar-refractivity contribution in [1.82, 2.24) is 19.2 Å². The van der Waals surface area contributed by atoms with Crippen LogP contribution in [0.3, 0.4) is 0 Å². The molecular formula is C21H13F5N4O5S. The Morgan fingerprint density at radius 2 is 1.75 bits per heavy atom. The number of nitrogens with zero attached hydrogens (tertiary/aromatic N) is 4. The number of rotatable bonds is 4. The van der Waals surface area contributed by atoms with Crippen LogP contribution in [0.4, 0.5) is 22.0 Å². The Hall–Kier alpha value is -4.01. The summed E-state index contributed by atoms with van der Waals surface area (Å²) >= 11 is 0. The first-order chi connectivity index (χ1) is 16.8. The first-order valence-electron chi connectivity index (χ1n) is 10.1. The minimum atomic E-state index is -4.72. The monoisotopic (exact) mass is 528 g/mol. The Morgan fingerprint density at radius 3 is 2.44 bits per heavy atom. The SMILES string of the molecule is CCS(=O)(=O)c1cc(-c2ccc3c(c2)OC(F)(F)O3)cnc1-n1nc2ccc(C(F)(F)F)cn2c1=O. The lowest BCUT2D eigenvalue weighted by molar-refractivity contribution is -0.286. The summed E-state index contributed by atoms with van der Waals surface area (Å²) in [6.07, 6.45) is -6.86. The average molecular weight is 528 g/mol. The van der Waals surface area contributed by atoms with E-state index in [4.69, 9.17) is 0 Å². The van der Waals surface area contributed by atoms with Gasteiger partial charge in [-0.3, -0.25) is 0 Å². The highest BCUT2D eigenvalue weighted by Crippen LogP contribution is 2.43. The van der Waals surface area contributed by atoms with Crippen LogP contribution in [-0.4, -0.2) is 39.6 Å². The van der Waals surface area contributed by atoms with Gasteiger partial charge in [0.25, 0.3) is 0 Å². The second-order valence-electron chi connectivity index (χ2n) is 7.62. The molecule has 0 radical (unpaired) electrons. The van der Waals surface area contributed by atoms with Gasteiger partial charge >= 0.3 is 18.2 Å². The molecule has 4 heterocycles. The molecule has 0 N–H and O–H groups in total. The smallest absolute Gasteiger partial charge is 0.395 e. The van der Waals surface area contributed by atoms with E-state index in [-0.39, 0.29) is 28.3 Å². The molecule has 3 aromatic heterocycles. The van der Waals surface area contributed by atoms with E-state index in [1.165, 1.54) is 25.1 Å². The molecule has 0 saturated carbocycles. The molecule has 0 bridgehead atoms. The van der Waals surface area contributed by atoms with E-state index in [9.17, 15) is 35.2 Å². The number of benzene rings is 1. The molecule has 188 valence electrons. The summed E-state index contributed by atoms with van der Waals surface area (Å²) in [5.41, 5.74) is -1.93. The van der Waals surface area contributed by atoms with E-state index in [1.54, 1.807) is 0 Å². The highest BCUT2D eigenvalue weighted by atomic mass is 32.2. The highest BCUT2D eigenvalue weighted by molar-refractivity contribution is 7.91. The van der Waals surface area contributed by atoms with Crippen molar-refractivity contribution < 1.29 is 39.8 Å². The zero-order valence-electron chi connectivity index (χ0n) is 18.0. The third-order valence-electron chi connectivity index (χ3n) is 5.33. The van der Waals surface area contributed by atoms with Gasteiger partial charge in [0, 0.05) is 18.0 Å². The zero-order valence-corrected chi connectivity index (χ0v) is 18.8. The molecular weight excluding hydrogens is 515 g/mol. The number of aromatic nitrogens is 4. The van der Waals surface area contributed by atoms with Gasteiger partial charge in [-0.25, -0.2) is 22.6 Å². The maximum absolute atomic E-state index is 13.4. The Labute approximate surface area is 198 Å². The maximum Gasteiger partial charge on any atom is 0.586 e. The van der Waals surface area contributed by atoms with Crippen LogP contribution in [0.15, 0.2) is 58.5 Å². The van der Waals surface area contributed by atoms with Gasteiger partial charge in [0.05, 0.1) is 11.3 Å². The fourth-order valence-electron chi connectivity index (χ4n) is 3.55. The summed E-state index contributed by atoms with van der Waals surface area (Å²) < 4.78 is 102. The van der Waals surface area contributed by atoms with Crippen molar-refractivity contribution in [3.8, 4) is 28.4 Å². The summed E-state index contributed by atoms with van der Waals surface area (Å²) in [5.74, 6) is -1.34. The third kappa shape index (κ3) is 3.94. The topological polar surface area (TPSA) is 105 Å². The number of fused-ring (bicyclic) bond motifs is 2. The summed E-state index contributed by atoms with van der Waals surface area (Å²) in [6.45, 7) is 1.34. The number of halogens is 5. The highest BCUT2D eigenvalue weighted by Gasteiger charge is 2.43. The van der Waals surface area contributed by atoms with Crippen molar-refractivity contribution in [2.45, 2.75) is 24.3 Å². The first-order valence-corrected chi connectivity index (χ1v) is 11.8. The Kier molecular flexibility index (Phi) is 5.10. The van der Waals surface area contributed by atoms with Crippen LogP contribution in [-0.2, 0) is 16.0 Å². The fraction of sp³-hybridized carbons (Fsp3) is 0.190. The quantitative estimate of drug-likeness (QED) is 0.372. The van der Waals surface area contributed by atoms with Crippen LogP contribution in [0.2, 0.25) is 0 Å². The predicted octanol–water partition coefficient (Wildman–Crippen LogP) is 3.68. The molecule has 0 saturated heterocycles. The van der Waals surface area contributed by atoms with Gasteiger partial charge in [0.2, 0.25) is 0 Å². The number of sulfone groups is 1. The standard InChI is InChI=1S/C21H13F5N4O5S/c1-2-36(32,33)16-8-12(11-3-5-14-15(7-11)35-21(25,26)34-14)9-27-18(16)30-19(31)29-10-13(20(22,23)24)4-6-17(29)28-30/h3-10H,2H2,1H3. The Bertz CT molecular complexity index is 1700. The number of hydrogen-bond acceptors (Lipinski definition) is 7. The van der Waals surface area contributed by atoms with Crippen molar-refractivity contribution in [2.75, 3.05) is 5.75 Å². The molecule has 9 nitrogen and oxygen atoms in total.